The molecule has 12 heavy (non-hydrogen) atoms. The first kappa shape index (κ1) is 8.26. The molecule has 0 aromatic carbocycles. The van der Waals surface area contributed by atoms with Crippen LogP contribution in [0.1, 0.15) is 26.2 Å². The highest BCUT2D eigenvalue weighted by Gasteiger charge is 2.38. The third-order valence-corrected chi connectivity index (χ3v) is 2.76. The van der Waals surface area contributed by atoms with Crippen molar-refractivity contribution in [3.05, 3.63) is 0 Å². The summed E-state index contributed by atoms with van der Waals surface area (Å²) in [6.07, 6.45) is 2.76. The zero-order chi connectivity index (χ0) is 8.72. The van der Waals surface area contributed by atoms with Crippen molar-refractivity contribution in [2.75, 3.05) is 0 Å². The fourth-order valence-electron chi connectivity index (χ4n) is 1.67. The zero-order valence-corrected chi connectivity index (χ0v) is 7.97. The summed E-state index contributed by atoms with van der Waals surface area (Å²) in [5.41, 5.74) is 0. The first-order valence-electron chi connectivity index (χ1n) is 4.45. The lowest BCUT2D eigenvalue weighted by Gasteiger charge is -2.38. The molecule has 4 heteroatoms. The molecule has 2 N–H and O–H groups in total. The van der Waals surface area contributed by atoms with E-state index in [1.807, 2.05) is 11.8 Å². The van der Waals surface area contributed by atoms with E-state index in [-0.39, 0.29) is 6.23 Å². The molecular weight excluding hydrogens is 172 g/mol. The molecule has 1 aliphatic carbocycles. The summed E-state index contributed by atoms with van der Waals surface area (Å²) in [6, 6.07) is 0.815. The normalized spacial score (nSPS) is 36.5. The quantitative estimate of drug-likeness (QED) is 0.582. The van der Waals surface area contributed by atoms with Crippen molar-refractivity contribution in [3.63, 3.8) is 0 Å². The molecule has 2 fully saturated rings. The predicted octanol–water partition coefficient (Wildman–Crippen LogP) is 0.436. The van der Waals surface area contributed by atoms with Gasteiger partial charge in [-0.25, -0.2) is 0 Å². The lowest BCUT2D eigenvalue weighted by molar-refractivity contribution is 0.0211. The number of thiocarbonyl (C=S) groups is 1. The molecule has 2 aliphatic rings. The van der Waals surface area contributed by atoms with E-state index in [1.165, 1.54) is 12.8 Å². The lowest BCUT2D eigenvalue weighted by Crippen LogP contribution is -2.56. The standard InChI is InChI=1S/C8H14N2OS/c1-5-4-7(11)10(6-2-3-6)8(12)9-5/h5-7,11H,2-4H2,1H3,(H,9,12). The average Bonchev–Trinajstić information content (AvgIpc) is 2.68. The summed E-state index contributed by atoms with van der Waals surface area (Å²) >= 11 is 5.15. The Bertz CT molecular complexity index is 205. The molecule has 1 heterocycles. The van der Waals surface area contributed by atoms with Gasteiger partial charge in [0.15, 0.2) is 5.11 Å². The Kier molecular flexibility index (Phi) is 1.96. The molecule has 0 aromatic rings. The average molecular weight is 186 g/mol. The van der Waals surface area contributed by atoms with E-state index in [4.69, 9.17) is 12.2 Å². The molecular formula is C8H14N2OS. The van der Waals surface area contributed by atoms with Gasteiger partial charge in [0.05, 0.1) is 0 Å². The number of nitrogens with zero attached hydrogens (tertiary/aromatic N) is 1. The zero-order valence-electron chi connectivity index (χ0n) is 7.16. The van der Waals surface area contributed by atoms with Crippen LogP contribution in [0.5, 0.6) is 0 Å². The Balaban J connectivity index is 2.05. The maximum absolute atomic E-state index is 9.72. The third-order valence-electron chi connectivity index (χ3n) is 2.43. The Morgan fingerprint density at radius 2 is 2.25 bits per heavy atom. The number of aliphatic hydroxyl groups is 1. The predicted molar refractivity (Wildman–Crippen MR) is 50.7 cm³/mol. The number of hydrogen-bond donors (Lipinski definition) is 2. The summed E-state index contributed by atoms with van der Waals surface area (Å²) in [4.78, 5) is 1.94. The van der Waals surface area contributed by atoms with Crippen LogP contribution in [0.25, 0.3) is 0 Å². The van der Waals surface area contributed by atoms with E-state index in [0.29, 0.717) is 12.1 Å². The van der Waals surface area contributed by atoms with Crippen LogP contribution in [0.4, 0.5) is 0 Å². The van der Waals surface area contributed by atoms with Gasteiger partial charge in [0.2, 0.25) is 0 Å². The van der Waals surface area contributed by atoms with E-state index >= 15 is 0 Å². The molecule has 1 aliphatic heterocycles. The van der Waals surface area contributed by atoms with Crippen molar-refractivity contribution in [3.8, 4) is 0 Å². The summed E-state index contributed by atoms with van der Waals surface area (Å²) in [5.74, 6) is 0. The van der Waals surface area contributed by atoms with Crippen LogP contribution in [0.3, 0.4) is 0 Å². The van der Waals surface area contributed by atoms with Crippen molar-refractivity contribution >= 4 is 17.3 Å². The Labute approximate surface area is 77.7 Å². The van der Waals surface area contributed by atoms with E-state index < -0.39 is 0 Å². The fraction of sp³-hybridized carbons (Fsp3) is 0.875. The topological polar surface area (TPSA) is 35.5 Å². The largest absolute Gasteiger partial charge is 0.373 e. The maximum atomic E-state index is 9.72. The second-order valence-corrected chi connectivity index (χ2v) is 4.09. The molecule has 3 nitrogen and oxygen atoms in total. The van der Waals surface area contributed by atoms with Crippen LogP contribution < -0.4 is 5.32 Å². The smallest absolute Gasteiger partial charge is 0.171 e. The summed E-state index contributed by atoms with van der Waals surface area (Å²) in [6.45, 7) is 2.04. The minimum absolute atomic E-state index is 0.308. The van der Waals surface area contributed by atoms with Gasteiger partial charge < -0.3 is 15.3 Å². The molecule has 0 amide bonds. The van der Waals surface area contributed by atoms with E-state index in [9.17, 15) is 5.11 Å². The molecule has 0 aromatic heterocycles. The minimum atomic E-state index is -0.360. The summed E-state index contributed by atoms with van der Waals surface area (Å²) < 4.78 is 0. The van der Waals surface area contributed by atoms with Gasteiger partial charge >= 0.3 is 0 Å². The minimum Gasteiger partial charge on any atom is -0.373 e. The van der Waals surface area contributed by atoms with Crippen LogP contribution in [0, 0.1) is 0 Å². The monoisotopic (exact) mass is 186 g/mol. The van der Waals surface area contributed by atoms with E-state index in [2.05, 4.69) is 5.32 Å². The fourth-order valence-corrected chi connectivity index (χ4v) is 2.14. The van der Waals surface area contributed by atoms with Gasteiger partial charge in [-0.3, -0.25) is 0 Å². The molecule has 2 atom stereocenters. The molecule has 68 valence electrons. The van der Waals surface area contributed by atoms with Gasteiger partial charge in [0, 0.05) is 18.5 Å². The maximum Gasteiger partial charge on any atom is 0.171 e. The van der Waals surface area contributed by atoms with Gasteiger partial charge in [0.25, 0.3) is 0 Å². The molecule has 2 unspecified atom stereocenters. The Morgan fingerprint density at radius 1 is 1.58 bits per heavy atom. The lowest BCUT2D eigenvalue weighted by atomic mass is 10.1. The molecule has 0 radical (unpaired) electrons. The highest BCUT2D eigenvalue weighted by molar-refractivity contribution is 7.80. The van der Waals surface area contributed by atoms with Crippen molar-refractivity contribution in [1.29, 1.82) is 0 Å². The first-order valence-corrected chi connectivity index (χ1v) is 4.86. The van der Waals surface area contributed by atoms with Crippen LogP contribution in [0.2, 0.25) is 0 Å². The second kappa shape index (κ2) is 2.85. The van der Waals surface area contributed by atoms with Gasteiger partial charge in [-0.15, -0.1) is 0 Å². The van der Waals surface area contributed by atoms with E-state index in [1.54, 1.807) is 0 Å². The summed E-state index contributed by atoms with van der Waals surface area (Å²) in [7, 11) is 0. The molecule has 0 spiro atoms. The molecule has 1 saturated carbocycles. The van der Waals surface area contributed by atoms with Crippen molar-refractivity contribution in [2.45, 2.75) is 44.5 Å². The highest BCUT2D eigenvalue weighted by atomic mass is 32.1. The number of aliphatic hydroxyl groups excluding tert-OH is 1. The van der Waals surface area contributed by atoms with Crippen molar-refractivity contribution in [2.24, 2.45) is 0 Å². The number of nitrogens with one attached hydrogen (secondary N) is 1. The molecule has 1 saturated heterocycles. The van der Waals surface area contributed by atoms with Gasteiger partial charge in [-0.05, 0) is 32.0 Å². The number of hydrogen-bond acceptors (Lipinski definition) is 2. The molecule has 2 rings (SSSR count). The summed E-state index contributed by atoms with van der Waals surface area (Å²) in [5, 5.41) is 13.6. The van der Waals surface area contributed by atoms with Crippen LogP contribution >= 0.6 is 12.2 Å². The van der Waals surface area contributed by atoms with Gasteiger partial charge in [0.1, 0.15) is 6.23 Å². The first-order chi connectivity index (χ1) is 5.68. The van der Waals surface area contributed by atoms with Crippen molar-refractivity contribution in [1.82, 2.24) is 10.2 Å². The number of rotatable bonds is 1. The van der Waals surface area contributed by atoms with Crippen LogP contribution in [0.15, 0.2) is 0 Å². The Hall–Kier alpha value is -0.350. The second-order valence-electron chi connectivity index (χ2n) is 3.71. The van der Waals surface area contributed by atoms with Gasteiger partial charge in [-0.1, -0.05) is 0 Å². The van der Waals surface area contributed by atoms with Crippen molar-refractivity contribution < 1.29 is 5.11 Å². The van der Waals surface area contributed by atoms with Crippen LogP contribution in [-0.4, -0.2) is 33.4 Å². The van der Waals surface area contributed by atoms with E-state index in [0.717, 1.165) is 11.5 Å². The molecule has 0 bridgehead atoms. The Morgan fingerprint density at radius 3 is 2.75 bits per heavy atom. The highest BCUT2D eigenvalue weighted by Crippen LogP contribution is 2.30. The SMILES string of the molecule is CC1CC(O)N(C2CC2)C(=S)N1. The van der Waals surface area contributed by atoms with Crippen LogP contribution in [-0.2, 0) is 0 Å². The third kappa shape index (κ3) is 1.41. The van der Waals surface area contributed by atoms with Gasteiger partial charge in [-0.2, -0.15) is 0 Å².